The van der Waals surface area contributed by atoms with Crippen LogP contribution in [0.1, 0.15) is 10.5 Å². The molecule has 0 bridgehead atoms. The van der Waals surface area contributed by atoms with Crippen LogP contribution in [0.2, 0.25) is 5.02 Å². The number of carbonyl (C=O) groups is 1. The Hall–Kier alpha value is -1.56. The van der Waals surface area contributed by atoms with E-state index in [1.54, 1.807) is 0 Å². The summed E-state index contributed by atoms with van der Waals surface area (Å²) in [6.07, 6.45) is 0. The number of hydrogen-bond acceptors (Lipinski definition) is 2. The molecule has 15 heavy (non-hydrogen) atoms. The van der Waals surface area contributed by atoms with Crippen molar-refractivity contribution in [2.45, 2.75) is 0 Å². The number of amides is 1. The fourth-order valence-electron chi connectivity index (χ4n) is 1.34. The van der Waals surface area contributed by atoms with E-state index in [4.69, 9.17) is 17.4 Å². The van der Waals surface area contributed by atoms with Gasteiger partial charge in [0.1, 0.15) is 5.69 Å². The molecule has 0 unspecified atom stereocenters. The normalized spacial score (nSPS) is 9.73. The van der Waals surface area contributed by atoms with Crippen molar-refractivity contribution in [3.8, 4) is 0 Å². The Kier molecular flexibility index (Phi) is 3.31. The molecule has 1 amide bonds. The second kappa shape index (κ2) is 4.31. The van der Waals surface area contributed by atoms with Crippen LogP contribution in [0.5, 0.6) is 0 Å². The summed E-state index contributed by atoms with van der Waals surface area (Å²) in [6.45, 7) is 0. The standard InChI is InChI=1S/C9H8ClN3O.H2O/c10-7-5-3-1-2-4-6(5)12-8(7)9(14)13-11;/h1-4,12H,11H2,(H,13,14);1H2. The number of H-pyrrole nitrogens is 1. The summed E-state index contributed by atoms with van der Waals surface area (Å²) < 4.78 is 0. The number of nitrogens with two attached hydrogens (primary N) is 1. The predicted molar refractivity (Wildman–Crippen MR) is 58.6 cm³/mol. The van der Waals surface area contributed by atoms with Gasteiger partial charge in [0.05, 0.1) is 5.02 Å². The molecule has 0 atom stereocenters. The molecule has 0 radical (unpaired) electrons. The molecule has 2 aromatic rings. The van der Waals surface area contributed by atoms with Gasteiger partial charge in [-0.25, -0.2) is 5.84 Å². The first-order valence-corrected chi connectivity index (χ1v) is 4.39. The monoisotopic (exact) mass is 227 g/mol. The van der Waals surface area contributed by atoms with Crippen LogP contribution in [0, 0.1) is 0 Å². The molecule has 2 rings (SSSR count). The van der Waals surface area contributed by atoms with E-state index in [2.05, 4.69) is 4.98 Å². The summed E-state index contributed by atoms with van der Waals surface area (Å²) in [5.41, 5.74) is 3.13. The molecule has 6 N–H and O–H groups in total. The van der Waals surface area contributed by atoms with Gasteiger partial charge in [-0.15, -0.1) is 0 Å². The van der Waals surface area contributed by atoms with Gasteiger partial charge in [0.25, 0.3) is 5.91 Å². The van der Waals surface area contributed by atoms with E-state index in [1.165, 1.54) is 0 Å². The van der Waals surface area contributed by atoms with Crippen LogP contribution in [0.15, 0.2) is 24.3 Å². The van der Waals surface area contributed by atoms with E-state index in [-0.39, 0.29) is 11.2 Å². The topological polar surface area (TPSA) is 102 Å². The van der Waals surface area contributed by atoms with Crippen LogP contribution in [-0.4, -0.2) is 16.4 Å². The molecule has 0 aliphatic carbocycles. The number of para-hydroxylation sites is 1. The number of aromatic amines is 1. The molecule has 0 spiro atoms. The number of halogens is 1. The average molecular weight is 228 g/mol. The second-order valence-corrected chi connectivity index (χ2v) is 3.21. The Balaban J connectivity index is 0.00000112. The van der Waals surface area contributed by atoms with Crippen LogP contribution >= 0.6 is 11.6 Å². The maximum atomic E-state index is 11.3. The SMILES string of the molecule is NNC(=O)c1[nH]c2ccccc2c1Cl.O. The predicted octanol–water partition coefficient (Wildman–Crippen LogP) is 0.600. The number of hydrazine groups is 1. The third kappa shape index (κ3) is 1.80. The van der Waals surface area contributed by atoms with Gasteiger partial charge in [-0.3, -0.25) is 10.2 Å². The molecule has 1 heterocycles. The lowest BCUT2D eigenvalue weighted by molar-refractivity contribution is 0.0949. The van der Waals surface area contributed by atoms with Crippen molar-refractivity contribution in [1.29, 1.82) is 0 Å². The summed E-state index contributed by atoms with van der Waals surface area (Å²) in [4.78, 5) is 14.1. The minimum atomic E-state index is -0.425. The highest BCUT2D eigenvalue weighted by Crippen LogP contribution is 2.26. The van der Waals surface area contributed by atoms with Crippen molar-refractivity contribution in [2.75, 3.05) is 0 Å². The number of nitrogen functional groups attached to an aromatic ring is 1. The van der Waals surface area contributed by atoms with Crippen LogP contribution in [-0.2, 0) is 0 Å². The smallest absolute Gasteiger partial charge is 0.283 e. The van der Waals surface area contributed by atoms with E-state index in [0.29, 0.717) is 5.02 Å². The number of benzene rings is 1. The molecule has 1 aromatic carbocycles. The second-order valence-electron chi connectivity index (χ2n) is 2.83. The highest BCUT2D eigenvalue weighted by atomic mass is 35.5. The van der Waals surface area contributed by atoms with Gasteiger partial charge in [-0.1, -0.05) is 29.8 Å². The van der Waals surface area contributed by atoms with E-state index >= 15 is 0 Å². The highest BCUT2D eigenvalue weighted by Gasteiger charge is 2.14. The van der Waals surface area contributed by atoms with Crippen LogP contribution in [0.3, 0.4) is 0 Å². The lowest BCUT2D eigenvalue weighted by Gasteiger charge is -1.94. The first-order valence-electron chi connectivity index (χ1n) is 4.01. The largest absolute Gasteiger partial charge is 0.412 e. The van der Waals surface area contributed by atoms with E-state index in [0.717, 1.165) is 10.9 Å². The Morgan fingerprint density at radius 1 is 1.40 bits per heavy atom. The summed E-state index contributed by atoms with van der Waals surface area (Å²) in [7, 11) is 0. The Labute approximate surface area is 90.5 Å². The molecule has 80 valence electrons. The molecular weight excluding hydrogens is 218 g/mol. The molecular formula is C9H10ClN3O2. The van der Waals surface area contributed by atoms with Gasteiger partial charge < -0.3 is 10.5 Å². The maximum absolute atomic E-state index is 11.3. The van der Waals surface area contributed by atoms with E-state index < -0.39 is 5.91 Å². The third-order valence-corrected chi connectivity index (χ3v) is 2.39. The molecule has 0 fully saturated rings. The summed E-state index contributed by atoms with van der Waals surface area (Å²) in [5, 5.41) is 1.20. The van der Waals surface area contributed by atoms with Gasteiger partial charge in [-0.2, -0.15) is 0 Å². The van der Waals surface area contributed by atoms with E-state index in [9.17, 15) is 4.79 Å². The van der Waals surface area contributed by atoms with Crippen molar-refractivity contribution >= 4 is 28.4 Å². The molecule has 6 heteroatoms. The number of fused-ring (bicyclic) bond motifs is 1. The third-order valence-electron chi connectivity index (χ3n) is 2.00. The molecule has 0 saturated heterocycles. The van der Waals surface area contributed by atoms with Gasteiger partial charge in [0, 0.05) is 10.9 Å². The zero-order valence-corrected chi connectivity index (χ0v) is 8.43. The zero-order chi connectivity index (χ0) is 10.1. The fraction of sp³-hybridized carbons (Fsp3) is 0. The highest BCUT2D eigenvalue weighted by molar-refractivity contribution is 6.38. The minimum absolute atomic E-state index is 0. The lowest BCUT2D eigenvalue weighted by Crippen LogP contribution is -2.30. The number of aromatic nitrogens is 1. The van der Waals surface area contributed by atoms with Gasteiger partial charge >= 0.3 is 0 Å². The fourth-order valence-corrected chi connectivity index (χ4v) is 1.63. The Bertz CT molecular complexity index is 495. The van der Waals surface area contributed by atoms with Crippen LogP contribution < -0.4 is 11.3 Å². The summed E-state index contributed by atoms with van der Waals surface area (Å²) >= 11 is 5.98. The molecule has 0 saturated carbocycles. The zero-order valence-electron chi connectivity index (χ0n) is 7.67. The van der Waals surface area contributed by atoms with Gasteiger partial charge in [0.15, 0.2) is 0 Å². The van der Waals surface area contributed by atoms with Crippen molar-refractivity contribution in [3.05, 3.63) is 35.0 Å². The van der Waals surface area contributed by atoms with Crippen molar-refractivity contribution in [3.63, 3.8) is 0 Å². The van der Waals surface area contributed by atoms with Gasteiger partial charge in [0.2, 0.25) is 0 Å². The molecule has 0 aliphatic rings. The average Bonchev–Trinajstić information content (AvgIpc) is 2.56. The number of rotatable bonds is 1. The lowest BCUT2D eigenvalue weighted by atomic mass is 10.2. The maximum Gasteiger partial charge on any atom is 0.283 e. The quantitative estimate of drug-likeness (QED) is 0.377. The van der Waals surface area contributed by atoms with Crippen LogP contribution in [0.25, 0.3) is 10.9 Å². The first-order chi connectivity index (χ1) is 6.74. The summed E-state index contributed by atoms with van der Waals surface area (Å²) in [6, 6.07) is 7.39. The van der Waals surface area contributed by atoms with Crippen LogP contribution in [0.4, 0.5) is 0 Å². The first kappa shape index (κ1) is 11.5. The van der Waals surface area contributed by atoms with Crippen molar-refractivity contribution in [2.24, 2.45) is 5.84 Å². The van der Waals surface area contributed by atoms with E-state index in [1.807, 2.05) is 29.7 Å². The molecule has 5 nitrogen and oxygen atoms in total. The Morgan fingerprint density at radius 2 is 2.07 bits per heavy atom. The number of hydrogen-bond donors (Lipinski definition) is 3. The molecule has 0 aliphatic heterocycles. The molecule has 1 aromatic heterocycles. The number of nitrogens with one attached hydrogen (secondary N) is 2. The Morgan fingerprint density at radius 3 is 2.67 bits per heavy atom. The minimum Gasteiger partial charge on any atom is -0.412 e. The number of carbonyl (C=O) groups excluding carboxylic acids is 1. The van der Waals surface area contributed by atoms with Gasteiger partial charge in [-0.05, 0) is 6.07 Å². The summed E-state index contributed by atoms with van der Waals surface area (Å²) in [5.74, 6) is 4.59. The van der Waals surface area contributed by atoms with Crippen molar-refractivity contribution in [1.82, 2.24) is 10.4 Å². The van der Waals surface area contributed by atoms with Crippen molar-refractivity contribution < 1.29 is 10.3 Å².